The van der Waals surface area contributed by atoms with Crippen LogP contribution in [0.3, 0.4) is 0 Å². The summed E-state index contributed by atoms with van der Waals surface area (Å²) in [6.07, 6.45) is 0.0248. The van der Waals surface area contributed by atoms with Crippen LogP contribution < -0.4 is 16.4 Å². The molecule has 1 aliphatic carbocycles. The third-order valence-electron chi connectivity index (χ3n) is 6.99. The van der Waals surface area contributed by atoms with Crippen molar-refractivity contribution in [1.29, 1.82) is 0 Å². The fourth-order valence-electron chi connectivity index (χ4n) is 5.05. The lowest BCUT2D eigenvalue weighted by Gasteiger charge is -2.24. The number of fused-ring (bicyclic) bond motifs is 3. The van der Waals surface area contributed by atoms with Crippen LogP contribution in [0.25, 0.3) is 11.1 Å². The van der Waals surface area contributed by atoms with Crippen LogP contribution in [-0.2, 0) is 20.7 Å². The van der Waals surface area contributed by atoms with Crippen molar-refractivity contribution in [3.63, 3.8) is 0 Å². The van der Waals surface area contributed by atoms with Crippen LogP contribution in [-0.4, -0.2) is 36.6 Å². The van der Waals surface area contributed by atoms with Crippen molar-refractivity contribution < 1.29 is 19.1 Å². The number of rotatable bonds is 11. The van der Waals surface area contributed by atoms with Gasteiger partial charge in [0.05, 0.1) is 0 Å². The van der Waals surface area contributed by atoms with Gasteiger partial charge in [-0.15, -0.1) is 0 Å². The number of hydrogen-bond donors (Lipinski definition) is 3. The van der Waals surface area contributed by atoms with Crippen molar-refractivity contribution in [3.05, 3.63) is 95.6 Å². The van der Waals surface area contributed by atoms with E-state index in [-0.39, 0.29) is 37.2 Å². The van der Waals surface area contributed by atoms with Gasteiger partial charge >= 0.3 is 6.09 Å². The van der Waals surface area contributed by atoms with Crippen LogP contribution in [0.5, 0.6) is 0 Å². The van der Waals surface area contributed by atoms with Gasteiger partial charge in [-0.05, 0) is 40.2 Å². The zero-order chi connectivity index (χ0) is 27.1. The fraction of sp³-hybridized carbons (Fsp3) is 0.323. The summed E-state index contributed by atoms with van der Waals surface area (Å²) in [5.41, 5.74) is 11.0. The highest BCUT2D eigenvalue weighted by atomic mass is 16.5. The van der Waals surface area contributed by atoms with Crippen LogP contribution in [0.15, 0.2) is 78.9 Å². The molecule has 0 spiro atoms. The summed E-state index contributed by atoms with van der Waals surface area (Å²) in [5.74, 6) is -0.792. The van der Waals surface area contributed by atoms with Crippen molar-refractivity contribution in [1.82, 2.24) is 10.6 Å². The molecule has 2 atom stereocenters. The maximum atomic E-state index is 12.9. The molecule has 0 heterocycles. The maximum Gasteiger partial charge on any atom is 0.407 e. The van der Waals surface area contributed by atoms with Crippen LogP contribution in [0.4, 0.5) is 4.79 Å². The predicted octanol–water partition coefficient (Wildman–Crippen LogP) is 4.54. The molecule has 3 aromatic carbocycles. The Hall–Kier alpha value is -4.13. The Morgan fingerprint density at radius 2 is 1.39 bits per heavy atom. The highest BCUT2D eigenvalue weighted by Crippen LogP contribution is 2.44. The number of nitrogens with two attached hydrogens (primary N) is 1. The van der Waals surface area contributed by atoms with Gasteiger partial charge in [-0.25, -0.2) is 4.79 Å². The first-order valence-electron chi connectivity index (χ1n) is 13.0. The van der Waals surface area contributed by atoms with Crippen molar-refractivity contribution in [3.8, 4) is 11.1 Å². The molecule has 3 aromatic rings. The molecule has 0 aliphatic heterocycles. The Bertz CT molecular complexity index is 1230. The summed E-state index contributed by atoms with van der Waals surface area (Å²) in [5, 5.41) is 5.79. The Kier molecular flexibility index (Phi) is 8.79. The smallest absolute Gasteiger partial charge is 0.407 e. The average molecular weight is 514 g/mol. The van der Waals surface area contributed by atoms with Gasteiger partial charge in [0, 0.05) is 30.8 Å². The first-order valence-corrected chi connectivity index (χ1v) is 13.0. The largest absolute Gasteiger partial charge is 0.449 e. The first-order chi connectivity index (χ1) is 18.3. The lowest BCUT2D eigenvalue weighted by Crippen LogP contribution is -2.45. The van der Waals surface area contributed by atoms with Crippen molar-refractivity contribution in [2.24, 2.45) is 11.7 Å². The Labute approximate surface area is 223 Å². The molecular formula is C31H35N3O4. The molecule has 0 saturated heterocycles. The summed E-state index contributed by atoms with van der Waals surface area (Å²) in [6, 6.07) is 25.1. The number of hydrogen-bond acceptors (Lipinski definition) is 4. The van der Waals surface area contributed by atoms with Crippen LogP contribution in [0.1, 0.15) is 49.3 Å². The second-order valence-corrected chi connectivity index (χ2v) is 10.1. The van der Waals surface area contributed by atoms with E-state index in [0.717, 1.165) is 27.8 Å². The molecule has 4 rings (SSSR count). The molecule has 0 fully saturated rings. The van der Waals surface area contributed by atoms with Gasteiger partial charge in [0.2, 0.25) is 11.8 Å². The number of benzene rings is 3. The SMILES string of the molecule is CC(C)[C@@H](CC(=O)N[C@H](CC(N)=O)Cc1ccccc1)NC(=O)OCC1c2ccccc2-c2ccccc21. The lowest BCUT2D eigenvalue weighted by molar-refractivity contribution is -0.123. The van der Waals surface area contributed by atoms with Gasteiger partial charge in [-0.1, -0.05) is 92.7 Å². The normalized spacial score (nSPS) is 13.8. The quantitative estimate of drug-likeness (QED) is 0.350. The van der Waals surface area contributed by atoms with Crippen LogP contribution in [0, 0.1) is 5.92 Å². The van der Waals surface area contributed by atoms with E-state index < -0.39 is 24.1 Å². The van der Waals surface area contributed by atoms with Gasteiger partial charge < -0.3 is 21.1 Å². The standard InChI is InChI=1S/C31H35N3O4/c1-20(2)28(18-30(36)33-22(17-29(32)35)16-21-10-4-3-5-11-21)34-31(37)38-19-27-25-14-8-6-12-23(25)24-13-7-9-15-26(24)27/h3-15,20,22,27-28H,16-19H2,1-2H3,(H2,32,35)(H,33,36)(H,34,37)/t22-,28+/m0/s1. The van der Waals surface area contributed by atoms with Crippen LogP contribution >= 0.6 is 0 Å². The van der Waals surface area contributed by atoms with Gasteiger partial charge in [-0.3, -0.25) is 9.59 Å². The van der Waals surface area contributed by atoms with Gasteiger partial charge in [0.1, 0.15) is 6.61 Å². The van der Waals surface area contributed by atoms with Crippen molar-refractivity contribution >= 4 is 17.9 Å². The summed E-state index contributed by atoms with van der Waals surface area (Å²) in [4.78, 5) is 37.3. The maximum absolute atomic E-state index is 12.9. The number of amides is 3. The zero-order valence-corrected chi connectivity index (χ0v) is 21.9. The Balaban J connectivity index is 1.34. The minimum Gasteiger partial charge on any atom is -0.449 e. The molecule has 1 aliphatic rings. The summed E-state index contributed by atoms with van der Waals surface area (Å²) < 4.78 is 5.67. The van der Waals surface area contributed by atoms with E-state index in [9.17, 15) is 14.4 Å². The molecule has 38 heavy (non-hydrogen) atoms. The van der Waals surface area contributed by atoms with E-state index in [0.29, 0.717) is 6.42 Å². The lowest BCUT2D eigenvalue weighted by atomic mass is 9.98. The topological polar surface area (TPSA) is 111 Å². The second kappa shape index (κ2) is 12.4. The number of carbonyl (C=O) groups excluding carboxylic acids is 3. The molecule has 7 nitrogen and oxygen atoms in total. The van der Waals surface area contributed by atoms with Gasteiger partial charge in [-0.2, -0.15) is 0 Å². The highest BCUT2D eigenvalue weighted by molar-refractivity contribution is 5.81. The monoisotopic (exact) mass is 513 g/mol. The molecule has 3 amide bonds. The van der Waals surface area contributed by atoms with Crippen molar-refractivity contribution in [2.75, 3.05) is 6.61 Å². The predicted molar refractivity (Wildman–Crippen MR) is 147 cm³/mol. The van der Waals surface area contributed by atoms with E-state index in [2.05, 4.69) is 34.9 Å². The fourth-order valence-corrected chi connectivity index (χ4v) is 5.05. The Morgan fingerprint density at radius 3 is 1.97 bits per heavy atom. The minimum atomic E-state index is -0.559. The number of alkyl carbamates (subject to hydrolysis) is 1. The summed E-state index contributed by atoms with van der Waals surface area (Å²) in [6.45, 7) is 4.08. The highest BCUT2D eigenvalue weighted by Gasteiger charge is 2.30. The second-order valence-electron chi connectivity index (χ2n) is 10.1. The van der Waals surface area contributed by atoms with Gasteiger partial charge in [0.25, 0.3) is 0 Å². The molecule has 0 aromatic heterocycles. The number of carbonyl (C=O) groups is 3. The van der Waals surface area contributed by atoms with E-state index in [1.165, 1.54) is 0 Å². The van der Waals surface area contributed by atoms with Gasteiger partial charge in [0.15, 0.2) is 0 Å². The summed E-state index contributed by atoms with van der Waals surface area (Å²) >= 11 is 0. The van der Waals surface area contributed by atoms with E-state index in [4.69, 9.17) is 10.5 Å². The molecule has 0 saturated carbocycles. The number of nitrogens with one attached hydrogen (secondary N) is 2. The number of primary amides is 1. The zero-order valence-electron chi connectivity index (χ0n) is 21.9. The molecular weight excluding hydrogens is 478 g/mol. The Morgan fingerprint density at radius 1 is 0.816 bits per heavy atom. The minimum absolute atomic E-state index is 0.00931. The van der Waals surface area contributed by atoms with E-state index in [1.807, 2.05) is 68.4 Å². The van der Waals surface area contributed by atoms with E-state index >= 15 is 0 Å². The molecule has 7 heteroatoms. The molecule has 0 bridgehead atoms. The first kappa shape index (κ1) is 26.9. The number of ether oxygens (including phenoxy) is 1. The third kappa shape index (κ3) is 6.79. The molecule has 4 N–H and O–H groups in total. The molecule has 198 valence electrons. The van der Waals surface area contributed by atoms with Crippen molar-refractivity contribution in [2.45, 2.75) is 51.1 Å². The molecule has 0 radical (unpaired) electrons. The van der Waals surface area contributed by atoms with Crippen LogP contribution in [0.2, 0.25) is 0 Å². The third-order valence-corrected chi connectivity index (χ3v) is 6.99. The molecule has 0 unspecified atom stereocenters. The van der Waals surface area contributed by atoms with E-state index in [1.54, 1.807) is 0 Å². The summed E-state index contributed by atoms with van der Waals surface area (Å²) in [7, 11) is 0. The average Bonchev–Trinajstić information content (AvgIpc) is 3.21.